The molecule has 0 bridgehead atoms. The number of alkyl carbamates (subject to hydrolysis) is 1. The van der Waals surface area contributed by atoms with Gasteiger partial charge in [0, 0.05) is 38.2 Å². The summed E-state index contributed by atoms with van der Waals surface area (Å²) < 4.78 is 43.2. The number of pyridine rings is 1. The van der Waals surface area contributed by atoms with Crippen molar-refractivity contribution in [2.45, 2.75) is 70.9 Å². The quantitative estimate of drug-likeness (QED) is 0.433. The normalized spacial score (nSPS) is 16.9. The molecule has 1 aliphatic carbocycles. The molecule has 4 rings (SSSR count). The number of piperidine rings is 1. The Labute approximate surface area is 235 Å². The van der Waals surface area contributed by atoms with Gasteiger partial charge in [0.1, 0.15) is 22.7 Å². The van der Waals surface area contributed by atoms with Crippen LogP contribution in [0.3, 0.4) is 0 Å². The average molecular weight is 576 g/mol. The number of ketones is 1. The Bertz CT molecular complexity index is 1470. The van der Waals surface area contributed by atoms with Crippen molar-refractivity contribution >= 4 is 34.4 Å². The molecular formula is C29H35F2N3O7. The molecule has 1 aromatic heterocycles. The van der Waals surface area contributed by atoms with Crippen LogP contribution in [0, 0.1) is 5.82 Å². The number of hydrogen-bond acceptors (Lipinski definition) is 7. The Hall–Kier alpha value is -3.96. The second-order valence-corrected chi connectivity index (χ2v) is 11.4. The molecule has 41 heavy (non-hydrogen) atoms. The molecule has 1 aromatic carbocycles. The molecule has 2 aliphatic rings. The van der Waals surface area contributed by atoms with Crippen LogP contribution in [-0.2, 0) is 9.53 Å². The number of carboxylic acid groups (broad SMARTS) is 1. The van der Waals surface area contributed by atoms with Crippen LogP contribution in [0.2, 0.25) is 0 Å². The monoisotopic (exact) mass is 575 g/mol. The van der Waals surface area contributed by atoms with Crippen molar-refractivity contribution in [2.75, 3.05) is 31.6 Å². The van der Waals surface area contributed by atoms with Crippen molar-refractivity contribution in [3.8, 4) is 5.75 Å². The van der Waals surface area contributed by atoms with E-state index in [1.54, 1.807) is 30.2 Å². The van der Waals surface area contributed by atoms with Gasteiger partial charge in [0.15, 0.2) is 17.3 Å². The lowest BCUT2D eigenvalue weighted by molar-refractivity contribution is -0.118. The van der Waals surface area contributed by atoms with Crippen molar-refractivity contribution < 1.29 is 37.7 Å². The number of rotatable bonds is 9. The van der Waals surface area contributed by atoms with Gasteiger partial charge in [-0.15, -0.1) is 0 Å². The summed E-state index contributed by atoms with van der Waals surface area (Å²) in [5.41, 5.74) is -1.16. The molecule has 10 nitrogen and oxygen atoms in total. The van der Waals surface area contributed by atoms with E-state index in [1.165, 1.54) is 13.3 Å². The van der Waals surface area contributed by atoms with Crippen LogP contribution in [0.4, 0.5) is 19.3 Å². The van der Waals surface area contributed by atoms with E-state index in [4.69, 9.17) is 9.47 Å². The number of carboxylic acids is 1. The maximum atomic E-state index is 15.6. The molecule has 0 spiro atoms. The number of aromatic nitrogens is 1. The number of nitrogens with one attached hydrogen (secondary N) is 1. The van der Waals surface area contributed by atoms with Gasteiger partial charge in [0.2, 0.25) is 5.43 Å². The number of nitrogens with zero attached hydrogens (tertiary/aromatic N) is 2. The molecule has 2 heterocycles. The van der Waals surface area contributed by atoms with E-state index in [9.17, 15) is 24.3 Å². The topological polar surface area (TPSA) is 127 Å². The third kappa shape index (κ3) is 6.86. The molecule has 1 aliphatic heterocycles. The van der Waals surface area contributed by atoms with E-state index in [2.05, 4.69) is 5.32 Å². The minimum atomic E-state index is -1.39. The summed E-state index contributed by atoms with van der Waals surface area (Å²) in [6.07, 6.45) is 2.77. The number of ether oxygens (including phenoxy) is 2. The van der Waals surface area contributed by atoms with Gasteiger partial charge in [-0.25, -0.2) is 18.4 Å². The molecule has 0 radical (unpaired) electrons. The molecule has 222 valence electrons. The van der Waals surface area contributed by atoms with Gasteiger partial charge in [0.05, 0.1) is 24.6 Å². The minimum Gasteiger partial charge on any atom is -0.492 e. The van der Waals surface area contributed by atoms with E-state index < -0.39 is 40.3 Å². The smallest absolute Gasteiger partial charge is 0.408 e. The van der Waals surface area contributed by atoms with Gasteiger partial charge in [0.25, 0.3) is 0 Å². The molecule has 2 aromatic rings. The molecule has 2 fully saturated rings. The van der Waals surface area contributed by atoms with Crippen LogP contribution in [-0.4, -0.2) is 59.9 Å². The highest BCUT2D eigenvalue weighted by Crippen LogP contribution is 2.44. The molecule has 0 unspecified atom stereocenters. The largest absolute Gasteiger partial charge is 0.492 e. The van der Waals surface area contributed by atoms with Crippen molar-refractivity contribution in [3.63, 3.8) is 0 Å². The first-order chi connectivity index (χ1) is 19.3. The van der Waals surface area contributed by atoms with Crippen molar-refractivity contribution in [1.29, 1.82) is 0 Å². The van der Waals surface area contributed by atoms with Crippen LogP contribution >= 0.6 is 0 Å². The van der Waals surface area contributed by atoms with Crippen LogP contribution in [0.25, 0.3) is 10.9 Å². The molecule has 0 atom stereocenters. The summed E-state index contributed by atoms with van der Waals surface area (Å²) in [6, 6.07) is 0.992. The number of allylic oxidation sites excluding steroid dienone is 1. The zero-order valence-electron chi connectivity index (χ0n) is 23.6. The van der Waals surface area contributed by atoms with Gasteiger partial charge in [-0.3, -0.25) is 9.59 Å². The molecule has 1 saturated heterocycles. The summed E-state index contributed by atoms with van der Waals surface area (Å²) in [5, 5.41) is 11.8. The predicted octanol–water partition coefficient (Wildman–Crippen LogP) is 4.88. The average Bonchev–Trinajstić information content (AvgIpc) is 3.74. The number of aromatic carboxylic acids is 1. The number of benzene rings is 1. The fourth-order valence-electron chi connectivity index (χ4n) is 5.01. The number of carbonyl (C=O) groups is 3. The number of anilines is 1. The van der Waals surface area contributed by atoms with Gasteiger partial charge in [-0.2, -0.15) is 0 Å². The van der Waals surface area contributed by atoms with E-state index >= 15 is 8.78 Å². The maximum Gasteiger partial charge on any atom is 0.408 e. The van der Waals surface area contributed by atoms with E-state index in [-0.39, 0.29) is 54.6 Å². The SMILES string of the molecule is COc1c(N2CCC/C(=C(\F)CCC(=O)CNC(=O)OC(C)(C)C)C2)c(F)cc2c(=O)c(C(=O)O)cn(C3CC3)c12. The van der Waals surface area contributed by atoms with Gasteiger partial charge < -0.3 is 29.4 Å². The second-order valence-electron chi connectivity index (χ2n) is 11.4. The predicted molar refractivity (Wildman–Crippen MR) is 148 cm³/mol. The van der Waals surface area contributed by atoms with Crippen LogP contribution in [0.15, 0.2) is 28.5 Å². The zero-order chi connectivity index (χ0) is 30.1. The standard InChI is InChI=1S/C29H35F2N3O7/c1-29(2,3)41-28(39)32-13-18(35)9-10-21(30)16-6-5-11-33(14-16)24-22(31)12-19-23(26(24)40-4)34(17-7-8-17)15-20(25(19)36)27(37)38/h12,15,17H,5-11,13-14H2,1-4H3,(H,32,39)(H,37,38)/b21-16+. The first-order valence-electron chi connectivity index (χ1n) is 13.6. The Balaban J connectivity index is 1.56. The molecule has 1 saturated carbocycles. The Morgan fingerprint density at radius 1 is 1.20 bits per heavy atom. The summed E-state index contributed by atoms with van der Waals surface area (Å²) in [6.45, 7) is 5.26. The van der Waals surface area contributed by atoms with Gasteiger partial charge in [-0.05, 0) is 58.1 Å². The summed E-state index contributed by atoms with van der Waals surface area (Å²) in [5.74, 6) is -2.91. The van der Waals surface area contributed by atoms with Crippen LogP contribution < -0.4 is 20.4 Å². The maximum absolute atomic E-state index is 15.6. The lowest BCUT2D eigenvalue weighted by Crippen LogP contribution is -2.35. The van der Waals surface area contributed by atoms with Crippen molar-refractivity contribution in [3.05, 3.63) is 45.3 Å². The molecule has 12 heteroatoms. The number of carbonyl (C=O) groups excluding carboxylic acids is 2. The first-order valence-corrected chi connectivity index (χ1v) is 13.6. The number of amides is 1. The lowest BCUT2D eigenvalue weighted by Gasteiger charge is -2.33. The van der Waals surface area contributed by atoms with Crippen molar-refractivity contribution in [1.82, 2.24) is 9.88 Å². The highest BCUT2D eigenvalue weighted by molar-refractivity contribution is 5.97. The Morgan fingerprint density at radius 3 is 2.51 bits per heavy atom. The zero-order valence-corrected chi connectivity index (χ0v) is 23.6. The first kappa shape index (κ1) is 30.0. The summed E-state index contributed by atoms with van der Waals surface area (Å²) >= 11 is 0. The highest BCUT2D eigenvalue weighted by Gasteiger charge is 2.32. The van der Waals surface area contributed by atoms with Crippen molar-refractivity contribution in [2.24, 2.45) is 0 Å². The fraction of sp³-hybridized carbons (Fsp3) is 0.517. The summed E-state index contributed by atoms with van der Waals surface area (Å²) in [4.78, 5) is 50.2. The number of halogens is 2. The third-order valence-electron chi connectivity index (χ3n) is 7.01. The fourth-order valence-corrected chi connectivity index (χ4v) is 5.01. The van der Waals surface area contributed by atoms with Crippen LogP contribution in [0.1, 0.15) is 75.7 Å². The lowest BCUT2D eigenvalue weighted by atomic mass is 10.00. The number of methoxy groups -OCH3 is 1. The number of Topliss-reactive ketones (excluding diaryl/α,β-unsaturated/α-hetero) is 1. The van der Waals surface area contributed by atoms with E-state index in [1.807, 2.05) is 0 Å². The Morgan fingerprint density at radius 2 is 1.90 bits per heavy atom. The molecular weight excluding hydrogens is 540 g/mol. The van der Waals surface area contributed by atoms with E-state index in [0.717, 1.165) is 18.9 Å². The minimum absolute atomic E-state index is 0.0417. The third-order valence-corrected chi connectivity index (χ3v) is 7.01. The van der Waals surface area contributed by atoms with Crippen LogP contribution in [0.5, 0.6) is 5.75 Å². The highest BCUT2D eigenvalue weighted by atomic mass is 19.1. The number of fused-ring (bicyclic) bond motifs is 1. The summed E-state index contributed by atoms with van der Waals surface area (Å²) in [7, 11) is 1.35. The Kier molecular flexibility index (Phi) is 8.69. The number of hydrogen-bond donors (Lipinski definition) is 2. The molecule has 1 amide bonds. The van der Waals surface area contributed by atoms with E-state index in [0.29, 0.717) is 30.5 Å². The van der Waals surface area contributed by atoms with Gasteiger partial charge >= 0.3 is 12.1 Å². The van der Waals surface area contributed by atoms with Gasteiger partial charge in [-0.1, -0.05) is 0 Å². The second kappa shape index (κ2) is 11.9. The molecule has 2 N–H and O–H groups in total.